The third-order valence-corrected chi connectivity index (χ3v) is 3.14. The third kappa shape index (κ3) is 6.63. The molecular weight excluding hydrogens is 264 g/mol. The summed E-state index contributed by atoms with van der Waals surface area (Å²) in [5.41, 5.74) is 6.47. The summed E-state index contributed by atoms with van der Waals surface area (Å²) in [7, 11) is 0. The average molecular weight is 292 g/mol. The van der Waals surface area contributed by atoms with Crippen LogP contribution in [0.15, 0.2) is 24.3 Å². The normalized spacial score (nSPS) is 12.5. The van der Waals surface area contributed by atoms with Crippen LogP contribution in [0.3, 0.4) is 0 Å². The van der Waals surface area contributed by atoms with Crippen LogP contribution in [0.25, 0.3) is 0 Å². The van der Waals surface area contributed by atoms with Gasteiger partial charge in [0.05, 0.1) is 11.8 Å². The second-order valence-corrected chi connectivity index (χ2v) is 6.15. The molecule has 0 saturated heterocycles. The van der Waals surface area contributed by atoms with Crippen LogP contribution in [0.1, 0.15) is 40.5 Å². The molecule has 1 aromatic carbocycles. The maximum atomic E-state index is 12.2. The minimum Gasteiger partial charge on any atom is -0.489 e. The van der Waals surface area contributed by atoms with Crippen molar-refractivity contribution in [2.45, 2.75) is 46.6 Å². The minimum absolute atomic E-state index is 0.00842. The molecule has 0 fully saturated rings. The Bertz CT molecular complexity index is 444. The zero-order chi connectivity index (χ0) is 15.8. The molecule has 0 aliphatic rings. The smallest absolute Gasteiger partial charge is 0.224 e. The summed E-state index contributed by atoms with van der Waals surface area (Å²) < 4.78 is 5.70. The molecule has 0 radical (unpaired) electrons. The van der Waals surface area contributed by atoms with Crippen LogP contribution in [0.4, 0.5) is 5.69 Å². The van der Waals surface area contributed by atoms with Crippen LogP contribution >= 0.6 is 0 Å². The molecule has 4 heteroatoms. The van der Waals surface area contributed by atoms with E-state index in [4.69, 9.17) is 10.5 Å². The van der Waals surface area contributed by atoms with Gasteiger partial charge in [-0.15, -0.1) is 0 Å². The Kier molecular flexibility index (Phi) is 7.23. The molecule has 1 unspecified atom stereocenters. The number of nitrogens with two attached hydrogens (primary N) is 1. The Balaban J connectivity index is 2.65. The van der Waals surface area contributed by atoms with Gasteiger partial charge in [0.25, 0.3) is 0 Å². The highest BCUT2D eigenvalue weighted by Crippen LogP contribution is 2.25. The Labute approximate surface area is 128 Å². The predicted octanol–water partition coefficient (Wildman–Crippen LogP) is 3.42. The highest BCUT2D eigenvalue weighted by Gasteiger charge is 2.15. The van der Waals surface area contributed by atoms with Crippen molar-refractivity contribution in [3.8, 4) is 5.75 Å². The zero-order valence-electron chi connectivity index (χ0n) is 13.6. The summed E-state index contributed by atoms with van der Waals surface area (Å²) in [6.45, 7) is 8.76. The van der Waals surface area contributed by atoms with Crippen LogP contribution in [-0.4, -0.2) is 18.6 Å². The van der Waals surface area contributed by atoms with E-state index in [9.17, 15) is 4.79 Å². The van der Waals surface area contributed by atoms with E-state index in [1.807, 2.05) is 38.1 Å². The first-order chi connectivity index (χ1) is 9.92. The first-order valence-corrected chi connectivity index (χ1v) is 7.68. The fraction of sp³-hybridized carbons (Fsp3) is 0.588. The number of ether oxygens (including phenoxy) is 1. The zero-order valence-corrected chi connectivity index (χ0v) is 13.6. The monoisotopic (exact) mass is 292 g/mol. The molecule has 0 bridgehead atoms. The molecule has 118 valence electrons. The number of amides is 1. The van der Waals surface area contributed by atoms with Gasteiger partial charge in [0, 0.05) is 6.42 Å². The Morgan fingerprint density at radius 1 is 1.24 bits per heavy atom. The molecule has 0 saturated carbocycles. The number of anilines is 1. The van der Waals surface area contributed by atoms with Crippen molar-refractivity contribution in [1.82, 2.24) is 0 Å². The first-order valence-electron chi connectivity index (χ1n) is 7.68. The van der Waals surface area contributed by atoms with E-state index in [2.05, 4.69) is 19.2 Å². The quantitative estimate of drug-likeness (QED) is 0.771. The molecule has 21 heavy (non-hydrogen) atoms. The fourth-order valence-electron chi connectivity index (χ4n) is 2.32. The van der Waals surface area contributed by atoms with E-state index in [1.165, 1.54) is 0 Å². The number of rotatable bonds is 8. The average Bonchev–Trinajstić information content (AvgIpc) is 2.39. The summed E-state index contributed by atoms with van der Waals surface area (Å²) in [6, 6.07) is 7.51. The summed E-state index contributed by atoms with van der Waals surface area (Å²) in [6.07, 6.45) is 1.49. The van der Waals surface area contributed by atoms with Crippen molar-refractivity contribution in [2.24, 2.45) is 17.6 Å². The lowest BCUT2D eigenvalue weighted by Crippen LogP contribution is -2.23. The van der Waals surface area contributed by atoms with Gasteiger partial charge in [-0.2, -0.15) is 0 Å². The van der Waals surface area contributed by atoms with Gasteiger partial charge in [0.2, 0.25) is 5.91 Å². The van der Waals surface area contributed by atoms with Crippen molar-refractivity contribution >= 4 is 11.6 Å². The number of para-hydroxylation sites is 2. The van der Waals surface area contributed by atoms with Crippen molar-refractivity contribution in [2.75, 3.05) is 11.9 Å². The first kappa shape index (κ1) is 17.5. The summed E-state index contributed by atoms with van der Waals surface area (Å²) >= 11 is 0. The number of hydrogen-bond donors (Lipinski definition) is 2. The Hall–Kier alpha value is -1.55. The van der Waals surface area contributed by atoms with Crippen LogP contribution in [0.5, 0.6) is 5.75 Å². The third-order valence-electron chi connectivity index (χ3n) is 3.14. The molecule has 4 nitrogen and oxygen atoms in total. The van der Waals surface area contributed by atoms with Gasteiger partial charge < -0.3 is 15.8 Å². The van der Waals surface area contributed by atoms with E-state index < -0.39 is 0 Å². The molecule has 1 amide bonds. The lowest BCUT2D eigenvalue weighted by atomic mass is 9.94. The number of carbonyl (C=O) groups excluding carboxylic acids is 1. The topological polar surface area (TPSA) is 64.4 Å². The van der Waals surface area contributed by atoms with E-state index in [0.717, 1.165) is 12.1 Å². The van der Waals surface area contributed by atoms with Crippen LogP contribution in [0.2, 0.25) is 0 Å². The van der Waals surface area contributed by atoms with E-state index in [1.54, 1.807) is 0 Å². The van der Waals surface area contributed by atoms with Crippen molar-refractivity contribution in [3.05, 3.63) is 24.3 Å². The van der Waals surface area contributed by atoms with Crippen LogP contribution in [0, 0.1) is 11.8 Å². The highest BCUT2D eigenvalue weighted by atomic mass is 16.5. The maximum absolute atomic E-state index is 12.2. The lowest BCUT2D eigenvalue weighted by Gasteiger charge is -2.18. The lowest BCUT2D eigenvalue weighted by molar-refractivity contribution is -0.117. The van der Waals surface area contributed by atoms with Crippen molar-refractivity contribution in [3.63, 3.8) is 0 Å². The molecule has 1 aromatic rings. The molecule has 0 aliphatic heterocycles. The fourth-order valence-corrected chi connectivity index (χ4v) is 2.32. The molecule has 1 rings (SSSR count). The predicted molar refractivity (Wildman–Crippen MR) is 87.5 cm³/mol. The number of carbonyl (C=O) groups is 1. The van der Waals surface area contributed by atoms with Crippen LogP contribution < -0.4 is 15.8 Å². The number of benzene rings is 1. The largest absolute Gasteiger partial charge is 0.489 e. The van der Waals surface area contributed by atoms with E-state index in [0.29, 0.717) is 24.6 Å². The molecule has 0 aliphatic carbocycles. The van der Waals surface area contributed by atoms with Crippen LogP contribution in [-0.2, 0) is 4.79 Å². The van der Waals surface area contributed by atoms with Gasteiger partial charge in [-0.05, 0) is 50.8 Å². The van der Waals surface area contributed by atoms with Gasteiger partial charge >= 0.3 is 0 Å². The second-order valence-electron chi connectivity index (χ2n) is 6.15. The number of nitrogens with one attached hydrogen (secondary N) is 1. The molecule has 1 atom stereocenters. The SMILES string of the molecule is CC(C)CC(CN)CC(=O)Nc1ccccc1OC(C)C. The summed E-state index contributed by atoms with van der Waals surface area (Å²) in [4.78, 5) is 12.2. The molecular formula is C17H28N2O2. The highest BCUT2D eigenvalue weighted by molar-refractivity contribution is 5.92. The van der Waals surface area contributed by atoms with Gasteiger partial charge in [0.15, 0.2) is 0 Å². The minimum atomic E-state index is -0.00842. The molecule has 0 aromatic heterocycles. The number of hydrogen-bond acceptors (Lipinski definition) is 3. The van der Waals surface area contributed by atoms with Gasteiger partial charge in [0.1, 0.15) is 5.75 Å². The van der Waals surface area contributed by atoms with E-state index in [-0.39, 0.29) is 17.9 Å². The van der Waals surface area contributed by atoms with Crippen molar-refractivity contribution < 1.29 is 9.53 Å². The summed E-state index contributed by atoms with van der Waals surface area (Å²) in [5.74, 6) is 1.46. The standard InChI is InChI=1S/C17H28N2O2/c1-12(2)9-14(11-18)10-17(20)19-15-7-5-6-8-16(15)21-13(3)4/h5-8,12-14H,9-11,18H2,1-4H3,(H,19,20). The van der Waals surface area contributed by atoms with E-state index >= 15 is 0 Å². The molecule has 0 heterocycles. The Morgan fingerprint density at radius 3 is 2.48 bits per heavy atom. The molecule has 0 spiro atoms. The maximum Gasteiger partial charge on any atom is 0.224 e. The Morgan fingerprint density at radius 2 is 1.90 bits per heavy atom. The summed E-state index contributed by atoms with van der Waals surface area (Å²) in [5, 5.41) is 2.93. The van der Waals surface area contributed by atoms with Gasteiger partial charge in [-0.1, -0.05) is 26.0 Å². The second kappa shape index (κ2) is 8.67. The van der Waals surface area contributed by atoms with Crippen molar-refractivity contribution in [1.29, 1.82) is 0 Å². The van der Waals surface area contributed by atoms with Gasteiger partial charge in [-0.3, -0.25) is 4.79 Å². The van der Waals surface area contributed by atoms with Gasteiger partial charge in [-0.25, -0.2) is 0 Å². The molecule has 3 N–H and O–H groups in total.